The van der Waals surface area contributed by atoms with Crippen LogP contribution in [0.5, 0.6) is 17.2 Å². The van der Waals surface area contributed by atoms with Gasteiger partial charge in [-0.25, -0.2) is 4.79 Å². The number of nitrogens with one attached hydrogen (secondary N) is 3. The number of nitrogens with two attached hydrogens (primary N) is 5. The molecule has 0 bridgehead atoms. The Hall–Kier alpha value is -7.83. The number of hydrogen-bond acceptors (Lipinski definition) is 22. The third kappa shape index (κ3) is 38.3. The van der Waals surface area contributed by atoms with Crippen molar-refractivity contribution in [2.75, 3.05) is 215 Å². The molecule has 3 saturated heterocycles. The predicted molar refractivity (Wildman–Crippen MR) is 469 cm³/mol. The Labute approximate surface area is 690 Å². The highest BCUT2D eigenvalue weighted by Gasteiger charge is 2.30. The number of hydrogen-bond donors (Lipinski definition) is 8. The highest BCUT2D eigenvalue weighted by atomic mass is 79.9. The van der Waals surface area contributed by atoms with Crippen molar-refractivity contribution in [2.24, 2.45) is 17.2 Å². The molecule has 13 N–H and O–H groups in total. The SMILES string of the molecule is C1CCOC1.C1CCOC1.CC[C@H](CNCc1ccc(OC)cc1)c1ccc(N(CCOC)CCOC)cc1.COCCN(CCOC)c1ccc(C2CN(Cc3ccc(OC)cc3)C(=O)N2)cc1.COCCN(CCOC)c1ccc([C@H](N)CNCc2ccc(OC)cc2)cc1.NC1CCCCC1N.Nc1ccc(Br)cc1N. The lowest BCUT2D eigenvalue weighted by atomic mass is 9.92. The first-order valence-corrected chi connectivity index (χ1v) is 40.9. The largest absolute Gasteiger partial charge is 0.497 e. The number of methoxy groups -OCH3 is 9. The Morgan fingerprint density at radius 2 is 0.842 bits per heavy atom. The molecule has 4 fully saturated rings. The minimum Gasteiger partial charge on any atom is -0.497 e. The van der Waals surface area contributed by atoms with E-state index in [2.05, 4.69) is 151 Å². The Morgan fingerprint density at radius 3 is 1.18 bits per heavy atom. The maximum absolute atomic E-state index is 12.5. The topological polar surface area (TPSA) is 298 Å². The van der Waals surface area contributed by atoms with Gasteiger partial charge in [-0.2, -0.15) is 0 Å². The lowest BCUT2D eigenvalue weighted by Crippen LogP contribution is -2.43. The summed E-state index contributed by atoms with van der Waals surface area (Å²) >= 11 is 3.26. The molecular weight excluding hydrogens is 1510 g/mol. The van der Waals surface area contributed by atoms with E-state index in [4.69, 9.17) is 80.8 Å². The number of anilines is 5. The minimum atomic E-state index is -0.0568. The fraction of sp³-hybridized carbons (Fsp3) is 0.517. The van der Waals surface area contributed by atoms with E-state index in [0.29, 0.717) is 76.6 Å². The first-order chi connectivity index (χ1) is 55.5. The normalized spacial score (nSPS) is 15.8. The molecule has 632 valence electrons. The van der Waals surface area contributed by atoms with Crippen molar-refractivity contribution >= 4 is 50.4 Å². The van der Waals surface area contributed by atoms with Gasteiger partial charge in [-0.15, -0.1) is 0 Å². The number of rotatable bonds is 38. The van der Waals surface area contributed by atoms with Crippen LogP contribution >= 0.6 is 15.9 Å². The van der Waals surface area contributed by atoms with Crippen LogP contribution in [0.25, 0.3) is 0 Å². The van der Waals surface area contributed by atoms with E-state index in [1.54, 1.807) is 76.1 Å². The molecule has 3 aliphatic heterocycles. The van der Waals surface area contributed by atoms with E-state index >= 15 is 0 Å². The molecule has 7 aromatic carbocycles. The number of carbonyl (C=O) groups excluding carboxylic acids is 1. The molecular formula is C89H137BrN12O12. The minimum absolute atomic E-state index is 0.0174. The van der Waals surface area contributed by atoms with Gasteiger partial charge in [0.25, 0.3) is 0 Å². The van der Waals surface area contributed by atoms with Gasteiger partial charge in [0.15, 0.2) is 0 Å². The second-order valence-corrected chi connectivity index (χ2v) is 29.0. The standard InChI is InChI=1S/C24H36N2O3.C23H31N3O4.C22H33N3O3.C6H7BrN2.C6H14N2.2C4H8O/c1-5-21(19-25-18-20-6-12-24(29-4)13-7-20)22-8-10-23(11-9-22)26(14-16-27-2)15-17-28-3;1-28-14-12-25(13-15-29-2)20-8-6-19(7-9-20)22-17-26(23(27)24-22)16-18-4-10-21(30-3)11-5-18;1-26-14-12-25(13-15-27-2)20-8-6-19(7-9-20)22(23)17-24-16-18-4-10-21(28-3)11-5-18;7-4-1-2-5(8)6(9)3-4;7-5-3-1-2-4-6(5)8;2*1-2-4-5-3-1/h6-13,21,25H,5,14-19H2,1-4H3;4-11,22H,12-17H2,1-3H3,(H,24,27);4-11,22,24H,12-17,23H2,1-3H3;1-3H,8-9H2;5-6H,1-4,7-8H2;2*1-4H2/t21-;;22-;;;;/m1.1..../s1. The smallest absolute Gasteiger partial charge is 0.318 e. The molecule has 0 spiro atoms. The number of halogens is 1. The Morgan fingerprint density at radius 1 is 0.474 bits per heavy atom. The van der Waals surface area contributed by atoms with Gasteiger partial charge >= 0.3 is 6.03 Å². The average Bonchev–Trinajstić information content (AvgIpc) is 1.59. The zero-order valence-corrected chi connectivity index (χ0v) is 71.4. The van der Waals surface area contributed by atoms with Crippen molar-refractivity contribution < 1.29 is 56.9 Å². The van der Waals surface area contributed by atoms with Crippen LogP contribution in [0.3, 0.4) is 0 Å². The predicted octanol–water partition coefficient (Wildman–Crippen LogP) is 13.1. The van der Waals surface area contributed by atoms with Crippen LogP contribution in [0.15, 0.2) is 168 Å². The van der Waals surface area contributed by atoms with Crippen molar-refractivity contribution in [3.05, 3.63) is 202 Å². The summed E-state index contributed by atoms with van der Waals surface area (Å²) in [5.74, 6) is 3.07. The molecule has 7 aromatic rings. The second-order valence-electron chi connectivity index (χ2n) is 28.1. The van der Waals surface area contributed by atoms with Gasteiger partial charge in [0, 0.05) is 187 Å². The van der Waals surface area contributed by atoms with E-state index in [9.17, 15) is 4.79 Å². The van der Waals surface area contributed by atoms with Gasteiger partial charge in [0.2, 0.25) is 0 Å². The summed E-state index contributed by atoms with van der Waals surface area (Å²) in [6.45, 7) is 19.8. The van der Waals surface area contributed by atoms with Crippen LogP contribution in [0, 0.1) is 0 Å². The molecule has 25 heteroatoms. The molecule has 11 rings (SSSR count). The quantitative estimate of drug-likeness (QED) is 0.0167. The number of nitrogens with zero attached hydrogens (tertiary/aromatic N) is 4. The highest BCUT2D eigenvalue weighted by Crippen LogP contribution is 2.28. The van der Waals surface area contributed by atoms with Crippen molar-refractivity contribution in [2.45, 2.75) is 114 Å². The summed E-state index contributed by atoms with van der Waals surface area (Å²) in [4.78, 5) is 21.1. The summed E-state index contributed by atoms with van der Waals surface area (Å²) in [7, 11) is 15.3. The summed E-state index contributed by atoms with van der Waals surface area (Å²) in [6.07, 6.45) is 11.0. The van der Waals surface area contributed by atoms with E-state index in [-0.39, 0.29) is 30.2 Å². The molecule has 1 saturated carbocycles. The van der Waals surface area contributed by atoms with Crippen LogP contribution in [0.4, 0.5) is 33.2 Å². The number of urea groups is 1. The maximum Gasteiger partial charge on any atom is 0.318 e. The summed E-state index contributed by atoms with van der Waals surface area (Å²) < 4.78 is 57.8. The van der Waals surface area contributed by atoms with Crippen LogP contribution < -0.4 is 73.5 Å². The molecule has 0 aromatic heterocycles. The molecule has 24 nitrogen and oxygen atoms in total. The monoisotopic (exact) mass is 1640 g/mol. The molecule has 2 amide bonds. The van der Waals surface area contributed by atoms with Gasteiger partial charge < -0.3 is 116 Å². The van der Waals surface area contributed by atoms with E-state index in [1.165, 1.54) is 60.9 Å². The fourth-order valence-electron chi connectivity index (χ4n) is 12.6. The maximum atomic E-state index is 12.5. The number of benzene rings is 7. The molecule has 0 radical (unpaired) electrons. The number of ether oxygens (including phenoxy) is 11. The van der Waals surface area contributed by atoms with Gasteiger partial charge in [0.05, 0.1) is 78.4 Å². The third-order valence-corrected chi connectivity index (χ3v) is 20.3. The third-order valence-electron chi connectivity index (χ3n) is 19.8. The van der Waals surface area contributed by atoms with E-state index < -0.39 is 0 Å². The number of carbonyl (C=O) groups is 1. The zero-order chi connectivity index (χ0) is 82.3. The van der Waals surface area contributed by atoms with Crippen molar-refractivity contribution in [3.8, 4) is 17.2 Å². The van der Waals surface area contributed by atoms with Gasteiger partial charge in [0.1, 0.15) is 17.2 Å². The lowest BCUT2D eigenvalue weighted by Gasteiger charge is -2.25. The molecule has 4 aliphatic rings. The highest BCUT2D eigenvalue weighted by molar-refractivity contribution is 9.10. The Balaban J connectivity index is 0.000000260. The average molecular weight is 1650 g/mol. The Bertz CT molecular complexity index is 3500. The number of nitrogen functional groups attached to an aromatic ring is 2. The van der Waals surface area contributed by atoms with Crippen molar-refractivity contribution in [1.29, 1.82) is 0 Å². The molecule has 3 heterocycles. The van der Waals surface area contributed by atoms with Crippen molar-refractivity contribution in [3.63, 3.8) is 0 Å². The first kappa shape index (κ1) is 96.8. The molecule has 5 atom stereocenters. The van der Waals surface area contributed by atoms with E-state index in [1.807, 2.05) is 59.5 Å². The lowest BCUT2D eigenvalue weighted by molar-refractivity contribution is 0.190. The van der Waals surface area contributed by atoms with Crippen LogP contribution in [0.2, 0.25) is 0 Å². The second kappa shape index (κ2) is 58.9. The number of amides is 2. The first-order valence-electron chi connectivity index (χ1n) is 40.1. The van der Waals surface area contributed by atoms with Crippen LogP contribution in [-0.4, -0.2) is 212 Å². The zero-order valence-electron chi connectivity index (χ0n) is 69.8. The molecule has 114 heavy (non-hydrogen) atoms. The Kier molecular flexibility index (Phi) is 50.0. The van der Waals surface area contributed by atoms with Crippen LogP contribution in [-0.2, 0) is 57.5 Å². The van der Waals surface area contributed by atoms with Gasteiger partial charge in [-0.1, -0.05) is 108 Å². The van der Waals surface area contributed by atoms with E-state index in [0.717, 1.165) is 154 Å². The summed E-state index contributed by atoms with van der Waals surface area (Å²) in [6, 6.07) is 55.7. The summed E-state index contributed by atoms with van der Waals surface area (Å²) in [5, 5.41) is 10.1. The molecule has 3 unspecified atom stereocenters. The fourth-order valence-corrected chi connectivity index (χ4v) is 13.0. The van der Waals surface area contributed by atoms with Gasteiger partial charge in [-0.05, 0) is 175 Å². The van der Waals surface area contributed by atoms with Gasteiger partial charge in [-0.3, -0.25) is 0 Å². The van der Waals surface area contributed by atoms with Crippen molar-refractivity contribution in [1.82, 2.24) is 20.9 Å². The van der Waals surface area contributed by atoms with Crippen LogP contribution in [0.1, 0.15) is 116 Å². The molecule has 1 aliphatic carbocycles. The summed E-state index contributed by atoms with van der Waals surface area (Å²) in [5.41, 5.74) is 40.4.